The van der Waals surface area contributed by atoms with Crippen LogP contribution < -0.4 is 5.32 Å². The molecule has 0 fully saturated rings. The van der Waals surface area contributed by atoms with Crippen molar-refractivity contribution in [2.24, 2.45) is 0 Å². The van der Waals surface area contributed by atoms with Crippen LogP contribution in [0.3, 0.4) is 0 Å². The van der Waals surface area contributed by atoms with E-state index in [9.17, 15) is 9.59 Å². The zero-order valence-electron chi connectivity index (χ0n) is 16.6. The van der Waals surface area contributed by atoms with Gasteiger partial charge >= 0.3 is 0 Å². The molecule has 1 N–H and O–H groups in total. The molecule has 0 aliphatic heterocycles. The van der Waals surface area contributed by atoms with Gasteiger partial charge in [-0.15, -0.1) is 0 Å². The van der Waals surface area contributed by atoms with Crippen LogP contribution in [0.5, 0.6) is 0 Å². The first-order valence-corrected chi connectivity index (χ1v) is 9.80. The van der Waals surface area contributed by atoms with Crippen molar-refractivity contribution in [1.82, 2.24) is 10.2 Å². The highest BCUT2D eigenvalue weighted by Gasteiger charge is 2.29. The van der Waals surface area contributed by atoms with Gasteiger partial charge in [-0.1, -0.05) is 91.0 Å². The minimum atomic E-state index is -0.584. The van der Waals surface area contributed by atoms with Crippen molar-refractivity contribution >= 4 is 11.8 Å². The molecule has 0 aliphatic carbocycles. The van der Waals surface area contributed by atoms with Gasteiger partial charge in [0.05, 0.1) is 6.42 Å². The molecule has 0 saturated carbocycles. The summed E-state index contributed by atoms with van der Waals surface area (Å²) >= 11 is 0. The standard InChI is InChI=1S/C25H26N2O2/c1-26-25(29)23(17-20-11-5-2-6-12-20)27(19-22-15-9-4-10-16-22)24(28)18-21-13-7-3-8-14-21/h2-16,23H,17-19H2,1H3,(H,26,29). The Morgan fingerprint density at radius 3 is 1.76 bits per heavy atom. The first-order valence-electron chi connectivity index (χ1n) is 9.80. The van der Waals surface area contributed by atoms with Crippen molar-refractivity contribution in [3.8, 4) is 0 Å². The van der Waals surface area contributed by atoms with E-state index >= 15 is 0 Å². The lowest BCUT2D eigenvalue weighted by Gasteiger charge is -2.31. The molecule has 0 spiro atoms. The Kier molecular flexibility index (Phi) is 7.17. The average Bonchev–Trinajstić information content (AvgIpc) is 2.77. The van der Waals surface area contributed by atoms with Crippen molar-refractivity contribution in [1.29, 1.82) is 0 Å². The molecule has 0 bridgehead atoms. The number of carbonyl (C=O) groups excluding carboxylic acids is 2. The third-order valence-corrected chi connectivity index (χ3v) is 4.91. The van der Waals surface area contributed by atoms with Crippen LogP contribution in [-0.4, -0.2) is 29.8 Å². The average molecular weight is 386 g/mol. The largest absolute Gasteiger partial charge is 0.357 e. The first kappa shape index (κ1) is 20.3. The number of nitrogens with zero attached hydrogens (tertiary/aromatic N) is 1. The van der Waals surface area contributed by atoms with Crippen molar-refractivity contribution in [2.75, 3.05) is 7.05 Å². The summed E-state index contributed by atoms with van der Waals surface area (Å²) in [5.41, 5.74) is 2.95. The second-order valence-electron chi connectivity index (χ2n) is 6.99. The predicted octanol–water partition coefficient (Wildman–Crippen LogP) is 3.62. The monoisotopic (exact) mass is 386 g/mol. The van der Waals surface area contributed by atoms with E-state index < -0.39 is 6.04 Å². The number of benzene rings is 3. The Balaban J connectivity index is 1.91. The van der Waals surface area contributed by atoms with Gasteiger partial charge in [0.15, 0.2) is 0 Å². The molecule has 4 nitrogen and oxygen atoms in total. The maximum absolute atomic E-state index is 13.3. The van der Waals surface area contributed by atoms with Gasteiger partial charge in [0, 0.05) is 20.0 Å². The maximum atomic E-state index is 13.3. The minimum absolute atomic E-state index is 0.0652. The molecule has 1 unspecified atom stereocenters. The van der Waals surface area contributed by atoms with Crippen LogP contribution in [0, 0.1) is 0 Å². The molecule has 0 heterocycles. The Morgan fingerprint density at radius 1 is 0.759 bits per heavy atom. The van der Waals surface area contributed by atoms with Crippen molar-refractivity contribution in [3.63, 3.8) is 0 Å². The number of amides is 2. The molecule has 3 rings (SSSR count). The Bertz CT molecular complexity index is 911. The molecule has 4 heteroatoms. The Hall–Kier alpha value is -3.40. The van der Waals surface area contributed by atoms with Gasteiger partial charge in [0.1, 0.15) is 6.04 Å². The second-order valence-corrected chi connectivity index (χ2v) is 6.99. The fourth-order valence-electron chi connectivity index (χ4n) is 3.37. The van der Waals surface area contributed by atoms with Crippen LogP contribution in [0.2, 0.25) is 0 Å². The van der Waals surface area contributed by atoms with Gasteiger partial charge in [0.2, 0.25) is 11.8 Å². The van der Waals surface area contributed by atoms with E-state index in [1.807, 2.05) is 91.0 Å². The van der Waals surface area contributed by atoms with E-state index in [0.29, 0.717) is 13.0 Å². The quantitative estimate of drug-likeness (QED) is 0.643. The molecule has 29 heavy (non-hydrogen) atoms. The van der Waals surface area contributed by atoms with Crippen molar-refractivity contribution in [2.45, 2.75) is 25.4 Å². The topological polar surface area (TPSA) is 49.4 Å². The highest BCUT2D eigenvalue weighted by molar-refractivity contribution is 5.88. The smallest absolute Gasteiger partial charge is 0.242 e. The highest BCUT2D eigenvalue weighted by atomic mass is 16.2. The summed E-state index contributed by atoms with van der Waals surface area (Å²) in [5.74, 6) is -0.226. The van der Waals surface area contributed by atoms with Gasteiger partial charge in [-0.3, -0.25) is 9.59 Å². The van der Waals surface area contributed by atoms with E-state index in [1.54, 1.807) is 11.9 Å². The molecule has 148 valence electrons. The van der Waals surface area contributed by atoms with Crippen LogP contribution in [0.15, 0.2) is 91.0 Å². The maximum Gasteiger partial charge on any atom is 0.242 e. The third kappa shape index (κ3) is 5.79. The molecule has 1 atom stereocenters. The summed E-state index contributed by atoms with van der Waals surface area (Å²) in [6.07, 6.45) is 0.726. The first-order chi connectivity index (χ1) is 14.2. The van der Waals surface area contributed by atoms with Gasteiger partial charge in [-0.2, -0.15) is 0 Å². The van der Waals surface area contributed by atoms with Crippen LogP contribution >= 0.6 is 0 Å². The molecule has 0 saturated heterocycles. The molecular formula is C25H26N2O2. The van der Waals surface area contributed by atoms with Crippen molar-refractivity contribution in [3.05, 3.63) is 108 Å². The predicted molar refractivity (Wildman–Crippen MR) is 115 cm³/mol. The van der Waals surface area contributed by atoms with Gasteiger partial charge < -0.3 is 10.2 Å². The number of likely N-dealkylation sites (N-methyl/N-ethyl adjacent to an activating group) is 1. The summed E-state index contributed by atoms with van der Waals surface area (Å²) in [7, 11) is 1.61. The van der Waals surface area contributed by atoms with E-state index in [0.717, 1.165) is 16.7 Å². The number of hydrogen-bond donors (Lipinski definition) is 1. The van der Waals surface area contributed by atoms with Gasteiger partial charge in [0.25, 0.3) is 0 Å². The number of nitrogens with one attached hydrogen (secondary N) is 1. The Morgan fingerprint density at radius 2 is 1.24 bits per heavy atom. The number of rotatable bonds is 8. The van der Waals surface area contributed by atoms with Gasteiger partial charge in [-0.25, -0.2) is 0 Å². The third-order valence-electron chi connectivity index (χ3n) is 4.91. The van der Waals surface area contributed by atoms with Gasteiger partial charge in [-0.05, 0) is 16.7 Å². The van der Waals surface area contributed by atoms with Crippen molar-refractivity contribution < 1.29 is 9.59 Å². The summed E-state index contributed by atoms with van der Waals surface area (Å²) in [6.45, 7) is 0.386. The van der Waals surface area contributed by atoms with Crippen LogP contribution in [0.4, 0.5) is 0 Å². The minimum Gasteiger partial charge on any atom is -0.357 e. The fourth-order valence-corrected chi connectivity index (χ4v) is 3.37. The number of carbonyl (C=O) groups is 2. The van der Waals surface area contributed by atoms with E-state index in [1.165, 1.54) is 0 Å². The van der Waals surface area contributed by atoms with Crippen LogP contribution in [-0.2, 0) is 29.0 Å². The molecule has 0 radical (unpaired) electrons. The van der Waals surface area contributed by atoms with E-state index in [2.05, 4.69) is 5.32 Å². The summed E-state index contributed by atoms with van der Waals surface area (Å²) < 4.78 is 0. The van der Waals surface area contributed by atoms with E-state index in [-0.39, 0.29) is 18.2 Å². The molecule has 3 aromatic carbocycles. The fraction of sp³-hybridized carbons (Fsp3) is 0.200. The normalized spacial score (nSPS) is 11.5. The van der Waals surface area contributed by atoms with E-state index in [4.69, 9.17) is 0 Å². The molecule has 0 aliphatic rings. The summed E-state index contributed by atoms with van der Waals surface area (Å²) in [4.78, 5) is 27.8. The lowest BCUT2D eigenvalue weighted by atomic mass is 10.0. The zero-order chi connectivity index (χ0) is 20.5. The Labute approximate surface area is 172 Å². The SMILES string of the molecule is CNC(=O)C(Cc1ccccc1)N(Cc1ccccc1)C(=O)Cc1ccccc1. The van der Waals surface area contributed by atoms with Crippen LogP contribution in [0.1, 0.15) is 16.7 Å². The molecule has 3 aromatic rings. The van der Waals surface area contributed by atoms with Crippen LogP contribution in [0.25, 0.3) is 0 Å². The lowest BCUT2D eigenvalue weighted by molar-refractivity contribution is -0.140. The molecular weight excluding hydrogens is 360 g/mol. The zero-order valence-corrected chi connectivity index (χ0v) is 16.6. The summed E-state index contributed by atoms with van der Waals surface area (Å²) in [5, 5.41) is 2.74. The highest BCUT2D eigenvalue weighted by Crippen LogP contribution is 2.16. The molecule has 0 aromatic heterocycles. The second kappa shape index (κ2) is 10.2. The summed E-state index contributed by atoms with van der Waals surface area (Å²) in [6, 6.07) is 28.7. The lowest BCUT2D eigenvalue weighted by Crippen LogP contribution is -2.50. The molecule has 2 amide bonds. The number of hydrogen-bond acceptors (Lipinski definition) is 2.